The first kappa shape index (κ1) is 5.55. The average Bonchev–Trinajstić information content (AvgIpc) is 1.77. The molecule has 0 aliphatic rings. The van der Waals surface area contributed by atoms with Gasteiger partial charge in [-0.15, -0.1) is 5.10 Å². The predicted molar refractivity (Wildman–Crippen MR) is 27.5 cm³/mol. The number of rotatable bonds is 0. The Kier molecular flexibility index (Phi) is 1.48. The van der Waals surface area contributed by atoms with Gasteiger partial charge in [-0.3, -0.25) is 0 Å². The van der Waals surface area contributed by atoms with Crippen LogP contribution in [0.3, 0.4) is 0 Å². The Hall–Kier alpha value is -0.580. The largest absolute Gasteiger partial charge is 0.327 e. The first-order valence-corrected chi connectivity index (χ1v) is 2.59. The van der Waals surface area contributed by atoms with Gasteiger partial charge in [0.25, 0.3) is 0 Å². The second kappa shape index (κ2) is 2.13. The van der Waals surface area contributed by atoms with Crippen molar-refractivity contribution >= 4 is 15.9 Å². The van der Waals surface area contributed by atoms with E-state index in [0.29, 0.717) is 4.60 Å². The Bertz CT molecular complexity index is 153. The monoisotopic (exact) mass is 177 g/mol. The Balaban J connectivity index is 3.03. The van der Waals surface area contributed by atoms with Crippen molar-refractivity contribution in [2.24, 2.45) is 0 Å². The summed E-state index contributed by atoms with van der Waals surface area (Å²) < 4.78 is 12.2. The molecule has 0 saturated carbocycles. The molecule has 8 heavy (non-hydrogen) atoms. The van der Waals surface area contributed by atoms with Gasteiger partial charge in [0.2, 0.25) is 0 Å². The van der Waals surface area contributed by atoms with Crippen LogP contribution >= 0.6 is 15.9 Å². The van der Waals surface area contributed by atoms with E-state index in [-0.39, 0.29) is 0 Å². The second-order valence-electron chi connectivity index (χ2n) is 1.05. The van der Waals surface area contributed by atoms with Gasteiger partial charge in [0, 0.05) is 0 Å². The summed E-state index contributed by atoms with van der Waals surface area (Å²) in [6, 6.07) is 0. The first-order valence-electron chi connectivity index (χ1n) is 1.80. The maximum Gasteiger partial charge on any atom is 0.327 e. The number of hydrogen-bond acceptors (Lipinski definition) is 3. The van der Waals surface area contributed by atoms with Gasteiger partial charge in [0.05, 0.1) is 6.20 Å². The fourth-order valence-electron chi connectivity index (χ4n) is 0.247. The molecule has 1 aromatic rings. The Morgan fingerprint density at radius 1 is 1.50 bits per heavy atom. The standard InChI is InChI=1S/C3HBrFN3/c4-2-1-6-3(5)8-7-2/h1H. The first-order chi connectivity index (χ1) is 3.79. The molecule has 0 bridgehead atoms. The van der Waals surface area contributed by atoms with Crippen molar-refractivity contribution < 1.29 is 4.39 Å². The summed E-state index contributed by atoms with van der Waals surface area (Å²) in [6.45, 7) is 0. The van der Waals surface area contributed by atoms with Gasteiger partial charge < -0.3 is 0 Å². The van der Waals surface area contributed by atoms with Crippen molar-refractivity contribution in [3.63, 3.8) is 0 Å². The summed E-state index contributed by atoms with van der Waals surface area (Å²) in [5.74, 6) is 0. The summed E-state index contributed by atoms with van der Waals surface area (Å²) in [5, 5.41) is 6.31. The second-order valence-corrected chi connectivity index (χ2v) is 1.86. The van der Waals surface area contributed by atoms with E-state index in [1.165, 1.54) is 6.20 Å². The molecule has 3 nitrogen and oxygen atoms in total. The quantitative estimate of drug-likeness (QED) is 0.588. The molecule has 0 aliphatic carbocycles. The lowest BCUT2D eigenvalue weighted by molar-refractivity contribution is 0.515. The van der Waals surface area contributed by atoms with Crippen molar-refractivity contribution in [2.45, 2.75) is 0 Å². The fourth-order valence-corrected chi connectivity index (χ4v) is 0.429. The van der Waals surface area contributed by atoms with Gasteiger partial charge in [-0.1, -0.05) is 5.10 Å². The van der Waals surface area contributed by atoms with E-state index in [4.69, 9.17) is 0 Å². The van der Waals surface area contributed by atoms with Crippen LogP contribution in [-0.4, -0.2) is 15.2 Å². The molecule has 1 rings (SSSR count). The third-order valence-electron chi connectivity index (χ3n) is 0.506. The number of halogens is 2. The number of aromatic nitrogens is 3. The minimum Gasteiger partial charge on any atom is -0.207 e. The van der Waals surface area contributed by atoms with E-state index in [1.54, 1.807) is 0 Å². The topological polar surface area (TPSA) is 38.7 Å². The van der Waals surface area contributed by atoms with Gasteiger partial charge in [-0.25, -0.2) is 4.98 Å². The van der Waals surface area contributed by atoms with Crippen LogP contribution in [0, 0.1) is 6.08 Å². The highest BCUT2D eigenvalue weighted by atomic mass is 79.9. The van der Waals surface area contributed by atoms with Crippen molar-refractivity contribution in [1.82, 2.24) is 15.2 Å². The summed E-state index contributed by atoms with van der Waals surface area (Å²) in [4.78, 5) is 3.19. The summed E-state index contributed by atoms with van der Waals surface area (Å²) >= 11 is 2.94. The molecule has 0 amide bonds. The molecule has 1 heterocycles. The average molecular weight is 178 g/mol. The van der Waals surface area contributed by atoms with Gasteiger partial charge >= 0.3 is 6.08 Å². The highest BCUT2D eigenvalue weighted by Crippen LogP contribution is 1.98. The molecule has 0 spiro atoms. The van der Waals surface area contributed by atoms with Crippen LogP contribution < -0.4 is 0 Å². The lowest BCUT2D eigenvalue weighted by Crippen LogP contribution is -1.90. The van der Waals surface area contributed by atoms with Crippen LogP contribution in [0.2, 0.25) is 0 Å². The third kappa shape index (κ3) is 1.19. The molecular weight excluding hydrogens is 177 g/mol. The van der Waals surface area contributed by atoms with Crippen LogP contribution in [0.5, 0.6) is 0 Å². The SMILES string of the molecule is Fc1ncc(Br)nn1. The molecular formula is C3HBrFN3. The van der Waals surface area contributed by atoms with Crippen LogP contribution in [-0.2, 0) is 0 Å². The lowest BCUT2D eigenvalue weighted by Gasteiger charge is -1.82. The molecule has 5 heteroatoms. The van der Waals surface area contributed by atoms with Crippen molar-refractivity contribution in [3.8, 4) is 0 Å². The minimum absolute atomic E-state index is 0.430. The van der Waals surface area contributed by atoms with E-state index < -0.39 is 6.08 Å². The third-order valence-corrected chi connectivity index (χ3v) is 0.869. The van der Waals surface area contributed by atoms with Crippen LogP contribution in [0.1, 0.15) is 0 Å². The number of hydrogen-bond donors (Lipinski definition) is 0. The lowest BCUT2D eigenvalue weighted by atomic mass is 10.9. The maximum atomic E-state index is 11.8. The highest BCUT2D eigenvalue weighted by Gasteiger charge is 1.89. The van der Waals surface area contributed by atoms with E-state index in [1.807, 2.05) is 0 Å². The Morgan fingerprint density at radius 2 is 2.25 bits per heavy atom. The van der Waals surface area contributed by atoms with E-state index in [0.717, 1.165) is 0 Å². The molecule has 42 valence electrons. The van der Waals surface area contributed by atoms with Crippen LogP contribution in [0.15, 0.2) is 10.8 Å². The van der Waals surface area contributed by atoms with Gasteiger partial charge in [-0.2, -0.15) is 4.39 Å². The zero-order chi connectivity index (χ0) is 5.98. The van der Waals surface area contributed by atoms with E-state index in [9.17, 15) is 4.39 Å². The highest BCUT2D eigenvalue weighted by molar-refractivity contribution is 9.10. The predicted octanol–water partition coefficient (Wildman–Crippen LogP) is 0.773. The molecule has 0 aliphatic heterocycles. The smallest absolute Gasteiger partial charge is 0.207 e. The molecule has 0 fully saturated rings. The minimum atomic E-state index is -0.812. The van der Waals surface area contributed by atoms with Gasteiger partial charge in [0.1, 0.15) is 4.60 Å². The molecule has 0 N–H and O–H groups in total. The van der Waals surface area contributed by atoms with Gasteiger partial charge in [0.15, 0.2) is 0 Å². The van der Waals surface area contributed by atoms with E-state index >= 15 is 0 Å². The van der Waals surface area contributed by atoms with Gasteiger partial charge in [-0.05, 0) is 15.9 Å². The van der Waals surface area contributed by atoms with Crippen molar-refractivity contribution in [1.29, 1.82) is 0 Å². The summed E-state index contributed by atoms with van der Waals surface area (Å²) in [6.07, 6.45) is 0.427. The summed E-state index contributed by atoms with van der Waals surface area (Å²) in [5.41, 5.74) is 0. The van der Waals surface area contributed by atoms with Crippen LogP contribution in [0.25, 0.3) is 0 Å². The number of nitrogens with zero attached hydrogens (tertiary/aromatic N) is 3. The van der Waals surface area contributed by atoms with Crippen molar-refractivity contribution in [2.75, 3.05) is 0 Å². The molecule has 1 aromatic heterocycles. The normalized spacial score (nSPS) is 9.25. The molecule has 0 atom stereocenters. The van der Waals surface area contributed by atoms with Crippen molar-refractivity contribution in [3.05, 3.63) is 16.9 Å². The molecule has 0 unspecified atom stereocenters. The van der Waals surface area contributed by atoms with Crippen LogP contribution in [0.4, 0.5) is 4.39 Å². The maximum absolute atomic E-state index is 11.8. The Labute approximate surface area is 53.1 Å². The summed E-state index contributed by atoms with van der Waals surface area (Å²) in [7, 11) is 0. The fraction of sp³-hybridized carbons (Fsp3) is 0. The zero-order valence-corrected chi connectivity index (χ0v) is 5.26. The molecule has 0 radical (unpaired) electrons. The Morgan fingerprint density at radius 3 is 2.62 bits per heavy atom. The molecule has 0 saturated heterocycles. The zero-order valence-electron chi connectivity index (χ0n) is 3.67. The van der Waals surface area contributed by atoms with E-state index in [2.05, 4.69) is 31.1 Å². The molecule has 0 aromatic carbocycles.